The van der Waals surface area contributed by atoms with Gasteiger partial charge in [-0.3, -0.25) is 14.9 Å². The Morgan fingerprint density at radius 1 is 0.771 bits per heavy atom. The summed E-state index contributed by atoms with van der Waals surface area (Å²) in [5.41, 5.74) is 1.77. The Morgan fingerprint density at radius 3 is 2.09 bits per heavy atom. The van der Waals surface area contributed by atoms with Crippen LogP contribution in [0.3, 0.4) is 0 Å². The number of carbonyl (C=O) groups excluding carboxylic acids is 2. The highest BCUT2D eigenvalue weighted by atomic mass is 32.1. The van der Waals surface area contributed by atoms with Crippen molar-refractivity contribution in [3.05, 3.63) is 77.9 Å². The highest BCUT2D eigenvalue weighted by Gasteiger charge is 2.20. The Morgan fingerprint density at radius 2 is 1.43 bits per heavy atom. The van der Waals surface area contributed by atoms with Gasteiger partial charge in [0, 0.05) is 11.1 Å². The second-order valence-corrected chi connectivity index (χ2v) is 8.12. The van der Waals surface area contributed by atoms with E-state index in [-0.39, 0.29) is 11.1 Å². The summed E-state index contributed by atoms with van der Waals surface area (Å²) < 4.78 is 15.9. The lowest BCUT2D eigenvalue weighted by Crippen LogP contribution is -2.18. The van der Waals surface area contributed by atoms with Crippen molar-refractivity contribution in [1.29, 1.82) is 0 Å². The average molecular weight is 491 g/mol. The highest BCUT2D eigenvalue weighted by molar-refractivity contribution is 7.18. The summed E-state index contributed by atoms with van der Waals surface area (Å²) in [7, 11) is 4.42. The lowest BCUT2D eigenvalue weighted by atomic mass is 10.1. The van der Waals surface area contributed by atoms with E-state index in [2.05, 4.69) is 20.8 Å². The summed E-state index contributed by atoms with van der Waals surface area (Å²) >= 11 is 1.26. The molecule has 1 aromatic heterocycles. The molecule has 0 atom stereocenters. The maximum Gasteiger partial charge on any atom is 0.259 e. The molecule has 4 rings (SSSR count). The van der Waals surface area contributed by atoms with Gasteiger partial charge < -0.3 is 19.5 Å². The van der Waals surface area contributed by atoms with E-state index < -0.39 is 11.8 Å². The summed E-state index contributed by atoms with van der Waals surface area (Å²) in [6.07, 6.45) is 0. The van der Waals surface area contributed by atoms with Crippen LogP contribution in [0.25, 0.3) is 10.6 Å². The average Bonchev–Trinajstić information content (AvgIpc) is 3.36. The molecule has 0 saturated carbocycles. The number of anilines is 2. The molecular weight excluding hydrogens is 468 g/mol. The molecule has 4 aromatic rings. The maximum atomic E-state index is 13.0. The molecule has 1 heterocycles. The number of nitrogens with zero attached hydrogens (tertiary/aromatic N) is 2. The number of hydrogen-bond donors (Lipinski definition) is 2. The van der Waals surface area contributed by atoms with Gasteiger partial charge in [-0.2, -0.15) is 0 Å². The molecule has 178 valence electrons. The van der Waals surface area contributed by atoms with E-state index in [1.54, 1.807) is 24.3 Å². The first-order valence-electron chi connectivity index (χ1n) is 10.4. The Hall–Kier alpha value is -4.44. The van der Waals surface area contributed by atoms with Crippen molar-refractivity contribution in [2.75, 3.05) is 32.0 Å². The lowest BCUT2D eigenvalue weighted by molar-refractivity contribution is 0.102. The minimum Gasteiger partial charge on any atom is -0.493 e. The Balaban J connectivity index is 1.54. The first-order chi connectivity index (χ1) is 17.0. The van der Waals surface area contributed by atoms with Crippen molar-refractivity contribution in [1.82, 2.24) is 10.2 Å². The predicted molar refractivity (Wildman–Crippen MR) is 134 cm³/mol. The van der Waals surface area contributed by atoms with Crippen molar-refractivity contribution >= 4 is 34.0 Å². The van der Waals surface area contributed by atoms with Crippen LogP contribution in [0.4, 0.5) is 10.8 Å². The summed E-state index contributed by atoms with van der Waals surface area (Å²) in [6.45, 7) is 0. The number of carbonyl (C=O) groups is 2. The molecular formula is C25H22N4O5S. The highest BCUT2D eigenvalue weighted by Crippen LogP contribution is 2.38. The third kappa shape index (κ3) is 5.22. The lowest BCUT2D eigenvalue weighted by Gasteiger charge is -2.15. The van der Waals surface area contributed by atoms with E-state index in [0.717, 1.165) is 5.56 Å². The van der Waals surface area contributed by atoms with Crippen LogP contribution in [-0.4, -0.2) is 43.3 Å². The third-order valence-corrected chi connectivity index (χ3v) is 5.90. The summed E-state index contributed by atoms with van der Waals surface area (Å²) in [6, 6.07) is 19.3. The number of hydrogen-bond acceptors (Lipinski definition) is 8. The molecule has 0 aliphatic heterocycles. The van der Waals surface area contributed by atoms with Gasteiger partial charge in [0.25, 0.3) is 11.8 Å². The van der Waals surface area contributed by atoms with E-state index in [1.165, 1.54) is 44.8 Å². The molecule has 0 radical (unpaired) electrons. The quantitative estimate of drug-likeness (QED) is 0.367. The van der Waals surface area contributed by atoms with Crippen LogP contribution in [0, 0.1) is 0 Å². The number of benzene rings is 3. The molecule has 35 heavy (non-hydrogen) atoms. The third-order valence-electron chi connectivity index (χ3n) is 5.01. The normalized spacial score (nSPS) is 10.4. The summed E-state index contributed by atoms with van der Waals surface area (Å²) in [5.74, 6) is 0.175. The Bertz CT molecular complexity index is 1330. The van der Waals surface area contributed by atoms with E-state index in [4.69, 9.17) is 14.2 Å². The van der Waals surface area contributed by atoms with E-state index >= 15 is 0 Å². The molecule has 0 aliphatic rings. The molecule has 0 unspecified atom stereocenters. The molecule has 10 heteroatoms. The van der Waals surface area contributed by atoms with E-state index in [9.17, 15) is 9.59 Å². The van der Waals surface area contributed by atoms with Crippen LogP contribution in [-0.2, 0) is 0 Å². The molecule has 2 amide bonds. The van der Waals surface area contributed by atoms with Gasteiger partial charge in [0.05, 0.1) is 32.6 Å². The summed E-state index contributed by atoms with van der Waals surface area (Å²) in [4.78, 5) is 26.0. The SMILES string of the molecule is COc1cc(C(=O)Nc2ccccc2C(=O)Nc2nnc(-c3ccccc3)s2)cc(OC)c1OC. The van der Waals surface area contributed by atoms with Gasteiger partial charge in [-0.15, -0.1) is 10.2 Å². The molecule has 2 N–H and O–H groups in total. The van der Waals surface area contributed by atoms with Crippen molar-refractivity contribution in [3.8, 4) is 27.8 Å². The van der Waals surface area contributed by atoms with E-state index in [1.807, 2.05) is 30.3 Å². The standard InChI is InChI=1S/C25H22N4O5S/c1-32-19-13-16(14-20(33-2)21(19)34-3)22(30)26-18-12-8-7-11-17(18)23(31)27-25-29-28-24(35-25)15-9-5-4-6-10-15/h4-14H,1-3H3,(H,26,30)(H,27,29,31). The molecule has 9 nitrogen and oxygen atoms in total. The van der Waals surface area contributed by atoms with Crippen molar-refractivity contribution in [2.45, 2.75) is 0 Å². The predicted octanol–water partition coefficient (Wildman–Crippen LogP) is 4.74. The topological polar surface area (TPSA) is 112 Å². The van der Waals surface area contributed by atoms with Crippen molar-refractivity contribution in [2.24, 2.45) is 0 Å². The van der Waals surface area contributed by atoms with Gasteiger partial charge in [-0.1, -0.05) is 53.8 Å². The zero-order chi connectivity index (χ0) is 24.8. The summed E-state index contributed by atoms with van der Waals surface area (Å²) in [5, 5.41) is 14.8. The monoisotopic (exact) mass is 490 g/mol. The first-order valence-corrected chi connectivity index (χ1v) is 11.3. The molecule has 0 bridgehead atoms. The Kier molecular flexibility index (Phi) is 7.22. The van der Waals surface area contributed by atoms with Gasteiger partial charge in [0.1, 0.15) is 5.01 Å². The number of aromatic nitrogens is 2. The minimum atomic E-state index is -0.452. The number of ether oxygens (including phenoxy) is 3. The number of amides is 2. The van der Waals surface area contributed by atoms with Crippen LogP contribution in [0.15, 0.2) is 66.7 Å². The van der Waals surface area contributed by atoms with Gasteiger partial charge >= 0.3 is 0 Å². The van der Waals surface area contributed by atoms with Crippen LogP contribution >= 0.6 is 11.3 Å². The number of nitrogens with one attached hydrogen (secondary N) is 2. The fraction of sp³-hybridized carbons (Fsp3) is 0.120. The zero-order valence-corrected chi connectivity index (χ0v) is 20.0. The largest absolute Gasteiger partial charge is 0.493 e. The number of para-hydroxylation sites is 1. The number of rotatable bonds is 8. The van der Waals surface area contributed by atoms with Crippen LogP contribution in [0.5, 0.6) is 17.2 Å². The van der Waals surface area contributed by atoms with Gasteiger partial charge in [0.15, 0.2) is 11.5 Å². The molecule has 0 aliphatic carbocycles. The zero-order valence-electron chi connectivity index (χ0n) is 19.2. The van der Waals surface area contributed by atoms with Crippen molar-refractivity contribution in [3.63, 3.8) is 0 Å². The second kappa shape index (κ2) is 10.7. The molecule has 0 saturated heterocycles. The van der Waals surface area contributed by atoms with Crippen molar-refractivity contribution < 1.29 is 23.8 Å². The fourth-order valence-corrected chi connectivity index (χ4v) is 4.08. The van der Waals surface area contributed by atoms with Gasteiger partial charge in [-0.05, 0) is 24.3 Å². The van der Waals surface area contributed by atoms with Crippen LogP contribution < -0.4 is 24.8 Å². The first kappa shape index (κ1) is 23.7. The smallest absolute Gasteiger partial charge is 0.259 e. The Labute approximate surface area is 205 Å². The van der Waals surface area contributed by atoms with Crippen LogP contribution in [0.2, 0.25) is 0 Å². The van der Waals surface area contributed by atoms with Gasteiger partial charge in [-0.25, -0.2) is 0 Å². The number of methoxy groups -OCH3 is 3. The fourth-order valence-electron chi connectivity index (χ4n) is 3.33. The van der Waals surface area contributed by atoms with Gasteiger partial charge in [0.2, 0.25) is 10.9 Å². The molecule has 0 fully saturated rings. The van der Waals surface area contributed by atoms with Crippen LogP contribution in [0.1, 0.15) is 20.7 Å². The molecule has 3 aromatic carbocycles. The maximum absolute atomic E-state index is 13.0. The molecule has 0 spiro atoms. The minimum absolute atomic E-state index is 0.268. The second-order valence-electron chi connectivity index (χ2n) is 7.15. The van der Waals surface area contributed by atoms with E-state index in [0.29, 0.717) is 33.1 Å².